The van der Waals surface area contributed by atoms with Crippen LogP contribution < -0.4 is 9.47 Å². The van der Waals surface area contributed by atoms with Crippen LogP contribution in [0.5, 0.6) is 11.5 Å². The van der Waals surface area contributed by atoms with Crippen LogP contribution in [0.15, 0.2) is 48.6 Å². The molecule has 2 fully saturated rings. The summed E-state index contributed by atoms with van der Waals surface area (Å²) in [5.74, 6) is 4.49. The Kier molecular flexibility index (Phi) is 8.37. The molecule has 2 aliphatic heterocycles. The molecule has 2 aromatic carbocycles. The van der Waals surface area contributed by atoms with E-state index in [0.717, 1.165) is 36.5 Å². The number of epoxide rings is 2. The fourth-order valence-electron chi connectivity index (χ4n) is 6.45. The first-order valence-electron chi connectivity index (χ1n) is 15.6. The minimum Gasteiger partial charge on any atom is -0.490 e. The van der Waals surface area contributed by atoms with E-state index >= 15 is 0 Å². The molecule has 4 nitrogen and oxygen atoms in total. The van der Waals surface area contributed by atoms with Gasteiger partial charge in [0.25, 0.3) is 0 Å². The molecule has 4 atom stereocenters. The lowest BCUT2D eigenvalue weighted by Gasteiger charge is -2.32. The minimum atomic E-state index is 0.286. The summed E-state index contributed by atoms with van der Waals surface area (Å²) in [5, 5.41) is 0. The van der Waals surface area contributed by atoms with Crippen LogP contribution in [0.2, 0.25) is 0 Å². The maximum absolute atomic E-state index is 6.09. The zero-order valence-electron chi connectivity index (χ0n) is 24.8. The largest absolute Gasteiger partial charge is 0.490 e. The number of allylic oxidation sites excluding steroid dienone is 4. The van der Waals surface area contributed by atoms with E-state index in [1.54, 1.807) is 0 Å². The lowest BCUT2D eigenvalue weighted by molar-refractivity contribution is 0.260. The highest BCUT2D eigenvalue weighted by Crippen LogP contribution is 2.43. The number of rotatable bonds is 11. The van der Waals surface area contributed by atoms with Crippen LogP contribution in [-0.2, 0) is 9.47 Å². The summed E-state index contributed by atoms with van der Waals surface area (Å²) >= 11 is 0. The van der Waals surface area contributed by atoms with Crippen molar-refractivity contribution in [3.8, 4) is 11.5 Å². The van der Waals surface area contributed by atoms with Crippen molar-refractivity contribution in [1.82, 2.24) is 0 Å². The average Bonchev–Trinajstić information content (AvgIpc) is 3.91. The molecule has 214 valence electrons. The van der Waals surface area contributed by atoms with Gasteiger partial charge >= 0.3 is 0 Å². The van der Waals surface area contributed by atoms with Gasteiger partial charge in [-0.25, -0.2) is 0 Å². The highest BCUT2D eigenvalue weighted by molar-refractivity contribution is 5.69. The lowest BCUT2D eigenvalue weighted by atomic mass is 9.73. The molecule has 0 aromatic heterocycles. The van der Waals surface area contributed by atoms with E-state index in [1.807, 2.05) is 0 Å². The molecule has 0 bridgehead atoms. The van der Waals surface area contributed by atoms with Crippen molar-refractivity contribution in [2.45, 2.75) is 90.3 Å². The van der Waals surface area contributed by atoms with Gasteiger partial charge in [0.2, 0.25) is 0 Å². The van der Waals surface area contributed by atoms with E-state index < -0.39 is 0 Å². The summed E-state index contributed by atoms with van der Waals surface area (Å²) < 4.78 is 22.8. The summed E-state index contributed by atoms with van der Waals surface area (Å²) in [6.45, 7) is 12.0. The van der Waals surface area contributed by atoms with Gasteiger partial charge in [-0.15, -0.1) is 0 Å². The molecule has 0 radical (unpaired) electrons. The van der Waals surface area contributed by atoms with Gasteiger partial charge in [-0.1, -0.05) is 52.0 Å². The molecular weight excluding hydrogens is 496 g/mol. The van der Waals surface area contributed by atoms with Gasteiger partial charge in [-0.05, 0) is 120 Å². The molecule has 4 heteroatoms. The first kappa shape index (κ1) is 27.6. The molecule has 4 aliphatic rings. The van der Waals surface area contributed by atoms with Gasteiger partial charge < -0.3 is 18.9 Å². The summed E-state index contributed by atoms with van der Waals surface area (Å²) in [5.41, 5.74) is 8.40. The standard InChI is InChI=1S/C36H46O4/c1-23(2)33-17-29(13-15-35(33)39-21-31-19-37-31)27-9-5-25(6-10-27)26-7-11-28(12-8-26)30-14-16-36(34(18-30)24(3)4)40-22-32-20-38-32/h9,11,13-18,23-26,31-32H,5-8,10,12,19-22H2,1-4H3. The van der Waals surface area contributed by atoms with Gasteiger partial charge in [0.1, 0.15) is 36.9 Å². The van der Waals surface area contributed by atoms with Gasteiger partial charge in [-0.2, -0.15) is 0 Å². The fraction of sp³-hybridized carbons (Fsp3) is 0.556. The zero-order chi connectivity index (χ0) is 27.6. The number of hydrogen-bond acceptors (Lipinski definition) is 4. The second kappa shape index (κ2) is 12.1. The molecule has 0 amide bonds. The van der Waals surface area contributed by atoms with Crippen LogP contribution in [0.1, 0.15) is 100 Å². The van der Waals surface area contributed by atoms with Crippen molar-refractivity contribution in [3.63, 3.8) is 0 Å². The van der Waals surface area contributed by atoms with Crippen LogP contribution in [0.4, 0.5) is 0 Å². The molecule has 0 saturated carbocycles. The highest BCUT2D eigenvalue weighted by atomic mass is 16.6. The van der Waals surface area contributed by atoms with E-state index in [-0.39, 0.29) is 12.2 Å². The summed E-state index contributed by atoms with van der Waals surface area (Å²) in [6, 6.07) is 13.6. The van der Waals surface area contributed by atoms with Crippen molar-refractivity contribution in [1.29, 1.82) is 0 Å². The summed E-state index contributed by atoms with van der Waals surface area (Å²) in [6.07, 6.45) is 13.0. The van der Waals surface area contributed by atoms with Crippen LogP contribution in [0.25, 0.3) is 11.1 Å². The Morgan fingerprint density at radius 3 is 1.43 bits per heavy atom. The second-order valence-electron chi connectivity index (χ2n) is 12.9. The first-order valence-corrected chi connectivity index (χ1v) is 15.6. The Morgan fingerprint density at radius 1 is 0.675 bits per heavy atom. The molecule has 2 aliphatic carbocycles. The third-order valence-electron chi connectivity index (χ3n) is 9.23. The Labute approximate surface area is 240 Å². The van der Waals surface area contributed by atoms with Crippen molar-refractivity contribution < 1.29 is 18.9 Å². The van der Waals surface area contributed by atoms with E-state index in [0.29, 0.717) is 25.0 Å². The summed E-state index contributed by atoms with van der Waals surface area (Å²) in [4.78, 5) is 0. The Balaban J connectivity index is 1.07. The molecule has 0 spiro atoms. The average molecular weight is 543 g/mol. The monoisotopic (exact) mass is 542 g/mol. The number of ether oxygens (including phenoxy) is 4. The van der Waals surface area contributed by atoms with E-state index in [2.05, 4.69) is 76.2 Å². The van der Waals surface area contributed by atoms with Crippen LogP contribution >= 0.6 is 0 Å². The quantitative estimate of drug-likeness (QED) is 0.267. The van der Waals surface area contributed by atoms with E-state index in [9.17, 15) is 0 Å². The van der Waals surface area contributed by atoms with Crippen LogP contribution in [-0.4, -0.2) is 38.6 Å². The molecule has 6 rings (SSSR count). The predicted molar refractivity (Wildman–Crippen MR) is 162 cm³/mol. The molecule has 40 heavy (non-hydrogen) atoms. The normalized spacial score (nSPS) is 25.9. The first-order chi connectivity index (χ1) is 19.4. The van der Waals surface area contributed by atoms with E-state index in [4.69, 9.17) is 18.9 Å². The molecule has 0 N–H and O–H groups in total. The van der Waals surface area contributed by atoms with Gasteiger partial charge in [0.15, 0.2) is 0 Å². The SMILES string of the molecule is CC(C)c1cc(C2=CCC(C3CC=C(c4ccc(OCC5CO5)c(C(C)C)c4)CC3)CC2)ccc1OCC1CO1. The predicted octanol–water partition coefficient (Wildman–Crippen LogP) is 8.56. The Bertz CT molecular complexity index is 1150. The van der Waals surface area contributed by atoms with Gasteiger partial charge in [-0.3, -0.25) is 0 Å². The van der Waals surface area contributed by atoms with Crippen molar-refractivity contribution in [2.75, 3.05) is 26.4 Å². The molecule has 2 saturated heterocycles. The maximum Gasteiger partial charge on any atom is 0.122 e. The molecule has 2 heterocycles. The lowest BCUT2D eigenvalue weighted by Crippen LogP contribution is -2.19. The zero-order valence-corrected chi connectivity index (χ0v) is 24.8. The minimum absolute atomic E-state index is 0.286. The fourth-order valence-corrected chi connectivity index (χ4v) is 6.45. The van der Waals surface area contributed by atoms with Crippen LogP contribution in [0.3, 0.4) is 0 Å². The highest BCUT2D eigenvalue weighted by Gasteiger charge is 2.28. The Hall–Kier alpha value is -2.56. The van der Waals surface area contributed by atoms with Crippen LogP contribution in [0, 0.1) is 11.8 Å². The van der Waals surface area contributed by atoms with Gasteiger partial charge in [0, 0.05) is 0 Å². The number of benzene rings is 2. The van der Waals surface area contributed by atoms with Gasteiger partial charge in [0.05, 0.1) is 13.2 Å². The Morgan fingerprint density at radius 2 is 1.10 bits per heavy atom. The number of hydrogen-bond donors (Lipinski definition) is 0. The third kappa shape index (κ3) is 6.66. The molecular formula is C36H46O4. The third-order valence-corrected chi connectivity index (χ3v) is 9.23. The van der Waals surface area contributed by atoms with E-state index in [1.165, 1.54) is 71.9 Å². The molecule has 2 aromatic rings. The topological polar surface area (TPSA) is 43.5 Å². The maximum atomic E-state index is 6.09. The van der Waals surface area contributed by atoms with Crippen molar-refractivity contribution >= 4 is 11.1 Å². The van der Waals surface area contributed by atoms with Crippen molar-refractivity contribution in [3.05, 3.63) is 70.8 Å². The summed E-state index contributed by atoms with van der Waals surface area (Å²) in [7, 11) is 0. The second-order valence-corrected chi connectivity index (χ2v) is 12.9. The smallest absolute Gasteiger partial charge is 0.122 e. The molecule has 4 unspecified atom stereocenters. The van der Waals surface area contributed by atoms with Crippen molar-refractivity contribution in [2.24, 2.45) is 11.8 Å².